The van der Waals surface area contributed by atoms with Crippen LogP contribution in [0.3, 0.4) is 0 Å². The van der Waals surface area contributed by atoms with Crippen LogP contribution in [-0.2, 0) is 4.79 Å². The van der Waals surface area contributed by atoms with E-state index in [2.05, 4.69) is 5.32 Å². The van der Waals surface area contributed by atoms with Gasteiger partial charge in [0.1, 0.15) is 0 Å². The number of carbonyl (C=O) groups is 1. The number of hydrogen-bond acceptors (Lipinski definition) is 2. The minimum absolute atomic E-state index is 0.0361. The van der Waals surface area contributed by atoms with Gasteiger partial charge >= 0.3 is 0 Å². The number of nitrogens with one attached hydrogen (secondary N) is 1. The molecule has 0 aromatic heterocycles. The Hall–Kier alpha value is -1.87. The quantitative estimate of drug-likeness (QED) is 0.596. The highest BCUT2D eigenvalue weighted by Crippen LogP contribution is 2.11. The fraction of sp³-hybridized carbons (Fsp3) is 0.267. The molecule has 1 rings (SSSR count). The highest BCUT2D eigenvalue weighted by molar-refractivity contribution is 5.87. The zero-order chi connectivity index (χ0) is 13.2. The number of carbonyl (C=O) groups excluding carboxylic acids is 1. The van der Waals surface area contributed by atoms with E-state index in [1.807, 2.05) is 49.4 Å². The summed E-state index contributed by atoms with van der Waals surface area (Å²) in [4.78, 5) is 11.4. The lowest BCUT2D eigenvalue weighted by Gasteiger charge is -2.11. The third-order valence-electron chi connectivity index (χ3n) is 2.53. The Kier molecular flexibility index (Phi) is 6.51. The minimum Gasteiger partial charge on any atom is -0.352 e. The maximum Gasteiger partial charge on any atom is 0.243 e. The molecule has 1 atom stereocenters. The highest BCUT2D eigenvalue weighted by atomic mass is 16.1. The molecule has 0 heterocycles. The first-order valence-electron chi connectivity index (χ1n) is 6.11. The summed E-state index contributed by atoms with van der Waals surface area (Å²) in [6.45, 7) is 2.48. The molecule has 0 radical (unpaired) electrons. The summed E-state index contributed by atoms with van der Waals surface area (Å²) in [5, 5.41) is 2.80. The van der Waals surface area contributed by atoms with Gasteiger partial charge in [-0.1, -0.05) is 48.6 Å². The van der Waals surface area contributed by atoms with Crippen LogP contribution in [0, 0.1) is 0 Å². The summed E-state index contributed by atoms with van der Waals surface area (Å²) in [5.74, 6) is -0.0895. The van der Waals surface area contributed by atoms with Gasteiger partial charge in [-0.05, 0) is 18.9 Å². The van der Waals surface area contributed by atoms with E-state index >= 15 is 0 Å². The molecule has 1 unspecified atom stereocenters. The Balaban J connectivity index is 2.28. The van der Waals surface area contributed by atoms with E-state index in [0.717, 1.165) is 12.0 Å². The lowest BCUT2D eigenvalue weighted by Crippen LogP contribution is -2.25. The normalized spacial score (nSPS) is 13.0. The molecule has 0 aliphatic carbocycles. The molecule has 1 amide bonds. The van der Waals surface area contributed by atoms with Gasteiger partial charge in [-0.3, -0.25) is 4.79 Å². The van der Waals surface area contributed by atoms with Gasteiger partial charge in [0.2, 0.25) is 5.91 Å². The fourth-order valence-electron chi connectivity index (χ4n) is 1.53. The fourth-order valence-corrected chi connectivity index (χ4v) is 1.53. The summed E-state index contributed by atoms with van der Waals surface area (Å²) in [5.41, 5.74) is 7.12. The van der Waals surface area contributed by atoms with Crippen LogP contribution in [0.25, 0.3) is 0 Å². The number of nitrogens with two attached hydrogens (primary N) is 1. The Bertz CT molecular complexity index is 410. The zero-order valence-corrected chi connectivity index (χ0v) is 10.7. The molecule has 0 aliphatic rings. The van der Waals surface area contributed by atoms with E-state index in [1.54, 1.807) is 6.08 Å². The molecule has 3 nitrogen and oxygen atoms in total. The molecule has 0 bridgehead atoms. The number of benzene rings is 1. The molecule has 0 saturated heterocycles. The monoisotopic (exact) mass is 244 g/mol. The third kappa shape index (κ3) is 5.46. The summed E-state index contributed by atoms with van der Waals surface area (Å²) < 4.78 is 0. The number of rotatable bonds is 6. The van der Waals surface area contributed by atoms with Gasteiger partial charge in [-0.15, -0.1) is 0 Å². The molecule has 3 heteroatoms. The van der Waals surface area contributed by atoms with Crippen molar-refractivity contribution in [3.63, 3.8) is 0 Å². The average Bonchev–Trinajstić information content (AvgIpc) is 2.40. The molecular weight excluding hydrogens is 224 g/mol. The van der Waals surface area contributed by atoms with Crippen molar-refractivity contribution in [3.05, 3.63) is 60.2 Å². The van der Waals surface area contributed by atoms with Gasteiger partial charge in [0.15, 0.2) is 0 Å². The van der Waals surface area contributed by atoms with E-state index in [9.17, 15) is 4.79 Å². The lowest BCUT2D eigenvalue weighted by molar-refractivity contribution is -0.116. The standard InChI is InChI=1S/C15H20N2O/c1-2-3-5-10-15(18)17-12-11-14(16)13-8-6-4-7-9-13/h2-10,14H,11-12,16H2,1H3,(H,17,18). The van der Waals surface area contributed by atoms with E-state index < -0.39 is 0 Å². The van der Waals surface area contributed by atoms with E-state index in [-0.39, 0.29) is 11.9 Å². The Morgan fingerprint density at radius 1 is 1.33 bits per heavy atom. The second-order valence-corrected chi connectivity index (χ2v) is 3.98. The topological polar surface area (TPSA) is 55.1 Å². The predicted molar refractivity (Wildman–Crippen MR) is 75.0 cm³/mol. The number of allylic oxidation sites excluding steroid dienone is 3. The SMILES string of the molecule is CC=CC=CC(=O)NCCC(N)c1ccccc1. The van der Waals surface area contributed by atoms with Gasteiger partial charge in [0, 0.05) is 18.7 Å². The van der Waals surface area contributed by atoms with Gasteiger partial charge < -0.3 is 11.1 Å². The Morgan fingerprint density at radius 2 is 2.06 bits per heavy atom. The van der Waals surface area contributed by atoms with E-state index in [4.69, 9.17) is 5.73 Å². The van der Waals surface area contributed by atoms with Crippen LogP contribution in [0.4, 0.5) is 0 Å². The molecule has 0 saturated carbocycles. The largest absolute Gasteiger partial charge is 0.352 e. The number of hydrogen-bond donors (Lipinski definition) is 2. The molecule has 0 aliphatic heterocycles. The summed E-state index contributed by atoms with van der Waals surface area (Å²) >= 11 is 0. The maximum atomic E-state index is 11.4. The molecule has 3 N–H and O–H groups in total. The Morgan fingerprint density at radius 3 is 2.72 bits per heavy atom. The third-order valence-corrected chi connectivity index (χ3v) is 2.53. The van der Waals surface area contributed by atoms with Gasteiger partial charge in [0.25, 0.3) is 0 Å². The van der Waals surface area contributed by atoms with Crippen molar-refractivity contribution in [2.75, 3.05) is 6.54 Å². The second-order valence-electron chi connectivity index (χ2n) is 3.98. The Labute approximate surface area is 108 Å². The molecule has 96 valence electrons. The smallest absolute Gasteiger partial charge is 0.243 e. The molecule has 0 spiro atoms. The van der Waals surface area contributed by atoms with Crippen molar-refractivity contribution in [2.24, 2.45) is 5.73 Å². The highest BCUT2D eigenvalue weighted by Gasteiger charge is 2.04. The van der Waals surface area contributed by atoms with Crippen molar-refractivity contribution >= 4 is 5.91 Å². The van der Waals surface area contributed by atoms with Crippen LogP contribution in [-0.4, -0.2) is 12.5 Å². The first-order valence-corrected chi connectivity index (χ1v) is 6.11. The lowest BCUT2D eigenvalue weighted by atomic mass is 10.1. The summed E-state index contributed by atoms with van der Waals surface area (Å²) in [6, 6.07) is 9.85. The second kappa shape index (κ2) is 8.25. The predicted octanol–water partition coefficient (Wildman–Crippen LogP) is 2.33. The average molecular weight is 244 g/mol. The van der Waals surface area contributed by atoms with Crippen LogP contribution in [0.15, 0.2) is 54.6 Å². The summed E-state index contributed by atoms with van der Waals surface area (Å²) in [7, 11) is 0. The van der Waals surface area contributed by atoms with Crippen LogP contribution >= 0.6 is 0 Å². The van der Waals surface area contributed by atoms with Crippen molar-refractivity contribution in [1.82, 2.24) is 5.32 Å². The first kappa shape index (κ1) is 14.2. The van der Waals surface area contributed by atoms with Gasteiger partial charge in [-0.2, -0.15) is 0 Å². The molecular formula is C15H20N2O. The first-order chi connectivity index (χ1) is 8.74. The van der Waals surface area contributed by atoms with Gasteiger partial charge in [0.05, 0.1) is 0 Å². The minimum atomic E-state index is -0.0895. The molecule has 1 aromatic rings. The molecule has 18 heavy (non-hydrogen) atoms. The summed E-state index contributed by atoms with van der Waals surface area (Å²) in [6.07, 6.45) is 7.64. The van der Waals surface area contributed by atoms with Crippen LogP contribution in [0.5, 0.6) is 0 Å². The van der Waals surface area contributed by atoms with Crippen LogP contribution in [0.1, 0.15) is 24.9 Å². The van der Waals surface area contributed by atoms with Crippen molar-refractivity contribution in [3.8, 4) is 0 Å². The van der Waals surface area contributed by atoms with Crippen molar-refractivity contribution in [2.45, 2.75) is 19.4 Å². The van der Waals surface area contributed by atoms with Crippen molar-refractivity contribution < 1.29 is 4.79 Å². The maximum absolute atomic E-state index is 11.4. The zero-order valence-electron chi connectivity index (χ0n) is 10.7. The van der Waals surface area contributed by atoms with E-state index in [0.29, 0.717) is 6.54 Å². The van der Waals surface area contributed by atoms with Crippen molar-refractivity contribution in [1.29, 1.82) is 0 Å². The molecule has 1 aromatic carbocycles. The van der Waals surface area contributed by atoms with Gasteiger partial charge in [-0.25, -0.2) is 0 Å². The van der Waals surface area contributed by atoms with Crippen LogP contribution < -0.4 is 11.1 Å². The van der Waals surface area contributed by atoms with Crippen LogP contribution in [0.2, 0.25) is 0 Å². The number of amides is 1. The molecule has 0 fully saturated rings. The van der Waals surface area contributed by atoms with E-state index in [1.165, 1.54) is 6.08 Å².